The molecule has 0 aromatic carbocycles. The van der Waals surface area contributed by atoms with Crippen molar-refractivity contribution in [3.63, 3.8) is 0 Å². The van der Waals surface area contributed by atoms with Crippen molar-refractivity contribution in [2.24, 2.45) is 40.4 Å². The minimum Gasteiger partial charge on any atom is -0.494 e. The van der Waals surface area contributed by atoms with Crippen LogP contribution in [0.2, 0.25) is 0 Å². The lowest BCUT2D eigenvalue weighted by molar-refractivity contribution is -0.0454. The van der Waals surface area contributed by atoms with Gasteiger partial charge in [-0.05, 0) is 98.4 Å². The second kappa shape index (κ2) is 7.37. The Bertz CT molecular complexity index is 753. The van der Waals surface area contributed by atoms with Gasteiger partial charge in [0, 0.05) is 18.9 Å². The van der Waals surface area contributed by atoms with E-state index in [1.165, 1.54) is 43.4 Å². The standard InChI is InChI=1S/C27H42O3/c1-16(15-28)5-8-23-17(2)25-24(30-23)14-22-20-7-6-18-13-19(29)9-11-26(18,3)21(20)10-12-27(22,25)4/h6,16,19-22,24-25,28-29H,5,7-15H2,1-4H3/t16-,19?,20-,21+,22+,24+,25+,26+,27+/m1/s1. The van der Waals surface area contributed by atoms with Crippen molar-refractivity contribution in [3.8, 4) is 0 Å². The smallest absolute Gasteiger partial charge is 0.106 e. The summed E-state index contributed by atoms with van der Waals surface area (Å²) in [6.45, 7) is 9.83. The average molecular weight is 415 g/mol. The van der Waals surface area contributed by atoms with Crippen molar-refractivity contribution in [2.75, 3.05) is 6.61 Å². The van der Waals surface area contributed by atoms with Crippen molar-refractivity contribution in [1.82, 2.24) is 0 Å². The fourth-order valence-electron chi connectivity index (χ4n) is 8.69. The highest BCUT2D eigenvalue weighted by molar-refractivity contribution is 5.30. The van der Waals surface area contributed by atoms with Gasteiger partial charge in [0.1, 0.15) is 6.10 Å². The summed E-state index contributed by atoms with van der Waals surface area (Å²) >= 11 is 0. The molecule has 168 valence electrons. The number of fused-ring (bicyclic) bond motifs is 7. The summed E-state index contributed by atoms with van der Waals surface area (Å²) in [7, 11) is 0. The fourth-order valence-corrected chi connectivity index (χ4v) is 8.69. The third kappa shape index (κ3) is 2.98. The molecule has 0 aromatic rings. The zero-order valence-electron chi connectivity index (χ0n) is 19.5. The van der Waals surface area contributed by atoms with E-state index < -0.39 is 0 Å². The van der Waals surface area contributed by atoms with Gasteiger partial charge in [0.05, 0.1) is 11.9 Å². The minimum atomic E-state index is -0.117. The van der Waals surface area contributed by atoms with Crippen LogP contribution in [0, 0.1) is 40.4 Å². The Labute approximate surface area is 183 Å². The monoisotopic (exact) mass is 414 g/mol. The molecule has 0 amide bonds. The quantitative estimate of drug-likeness (QED) is 0.587. The molecule has 5 rings (SSSR count). The van der Waals surface area contributed by atoms with Gasteiger partial charge in [-0.1, -0.05) is 32.4 Å². The van der Waals surface area contributed by atoms with E-state index in [0.717, 1.165) is 43.4 Å². The van der Waals surface area contributed by atoms with Gasteiger partial charge in [0.15, 0.2) is 0 Å². The lowest BCUT2D eigenvalue weighted by Crippen LogP contribution is -2.50. The van der Waals surface area contributed by atoms with E-state index in [9.17, 15) is 10.2 Å². The minimum absolute atomic E-state index is 0.117. The SMILES string of the molecule is CC1=C(CC[C@@H](C)CO)O[C@H]2C[C@H]3[C@@H]4CC=C5CC(O)CC[C@]5(C)[C@H]4CC[C@]3(C)[C@@H]12. The Morgan fingerprint density at radius 1 is 1.20 bits per heavy atom. The first-order valence-electron chi connectivity index (χ1n) is 12.6. The largest absolute Gasteiger partial charge is 0.494 e. The summed E-state index contributed by atoms with van der Waals surface area (Å²) in [6, 6.07) is 0. The first kappa shape index (κ1) is 21.1. The summed E-state index contributed by atoms with van der Waals surface area (Å²) in [5.74, 6) is 4.52. The van der Waals surface area contributed by atoms with Gasteiger partial charge in [-0.3, -0.25) is 0 Å². The summed E-state index contributed by atoms with van der Waals surface area (Å²) in [5, 5.41) is 19.6. The van der Waals surface area contributed by atoms with Crippen LogP contribution in [-0.4, -0.2) is 29.0 Å². The number of allylic oxidation sites excluding steroid dienone is 2. The number of ether oxygens (including phenoxy) is 1. The molecule has 1 aliphatic heterocycles. The second-order valence-corrected chi connectivity index (χ2v) is 12.0. The van der Waals surface area contributed by atoms with Crippen molar-refractivity contribution < 1.29 is 14.9 Å². The van der Waals surface area contributed by atoms with Gasteiger partial charge < -0.3 is 14.9 Å². The van der Waals surface area contributed by atoms with Crippen LogP contribution in [0.1, 0.15) is 85.5 Å². The Morgan fingerprint density at radius 2 is 2.00 bits per heavy atom. The van der Waals surface area contributed by atoms with Gasteiger partial charge in [-0.2, -0.15) is 0 Å². The number of hydrogen-bond acceptors (Lipinski definition) is 3. The lowest BCUT2D eigenvalue weighted by Gasteiger charge is -2.57. The highest BCUT2D eigenvalue weighted by Crippen LogP contribution is 2.68. The van der Waals surface area contributed by atoms with Crippen LogP contribution in [0.25, 0.3) is 0 Å². The Morgan fingerprint density at radius 3 is 2.77 bits per heavy atom. The van der Waals surface area contributed by atoms with Crippen molar-refractivity contribution in [2.45, 2.75) is 97.7 Å². The Balaban J connectivity index is 1.38. The van der Waals surface area contributed by atoms with Crippen molar-refractivity contribution in [3.05, 3.63) is 23.0 Å². The zero-order valence-corrected chi connectivity index (χ0v) is 19.5. The molecule has 0 saturated heterocycles. The molecule has 0 radical (unpaired) electrons. The molecule has 4 aliphatic carbocycles. The van der Waals surface area contributed by atoms with Gasteiger partial charge in [-0.25, -0.2) is 0 Å². The maximum absolute atomic E-state index is 10.2. The van der Waals surface area contributed by atoms with Gasteiger partial charge in [-0.15, -0.1) is 0 Å². The summed E-state index contributed by atoms with van der Waals surface area (Å²) in [4.78, 5) is 0. The van der Waals surface area contributed by atoms with E-state index in [2.05, 4.69) is 33.8 Å². The molecule has 0 aromatic heterocycles. The van der Waals surface area contributed by atoms with Crippen LogP contribution in [-0.2, 0) is 4.74 Å². The molecule has 1 heterocycles. The fraction of sp³-hybridized carbons (Fsp3) is 0.852. The van der Waals surface area contributed by atoms with E-state index in [1.54, 1.807) is 5.57 Å². The van der Waals surface area contributed by atoms with Crippen LogP contribution in [0.4, 0.5) is 0 Å². The average Bonchev–Trinajstić information content (AvgIpc) is 3.20. The molecule has 5 aliphatic rings. The number of rotatable bonds is 4. The molecule has 9 atom stereocenters. The Hall–Kier alpha value is -0.800. The van der Waals surface area contributed by atoms with E-state index in [1.807, 2.05) is 0 Å². The first-order valence-corrected chi connectivity index (χ1v) is 12.6. The molecule has 3 fully saturated rings. The highest BCUT2D eigenvalue weighted by atomic mass is 16.5. The van der Waals surface area contributed by atoms with Crippen LogP contribution in [0.3, 0.4) is 0 Å². The molecule has 3 saturated carbocycles. The van der Waals surface area contributed by atoms with Crippen LogP contribution in [0.15, 0.2) is 23.0 Å². The molecular weight excluding hydrogens is 372 g/mol. The first-order chi connectivity index (χ1) is 14.3. The van der Waals surface area contributed by atoms with E-state index >= 15 is 0 Å². The lowest BCUT2D eigenvalue weighted by atomic mass is 9.47. The van der Waals surface area contributed by atoms with Crippen molar-refractivity contribution >= 4 is 0 Å². The molecule has 2 N–H and O–H groups in total. The van der Waals surface area contributed by atoms with E-state index in [-0.39, 0.29) is 12.7 Å². The second-order valence-electron chi connectivity index (χ2n) is 12.0. The van der Waals surface area contributed by atoms with Crippen LogP contribution in [0.5, 0.6) is 0 Å². The van der Waals surface area contributed by atoms with Gasteiger partial charge >= 0.3 is 0 Å². The molecule has 3 nitrogen and oxygen atoms in total. The van der Waals surface area contributed by atoms with Gasteiger partial charge in [0.25, 0.3) is 0 Å². The summed E-state index contributed by atoms with van der Waals surface area (Å²) in [5.41, 5.74) is 3.78. The molecular formula is C27H42O3. The van der Waals surface area contributed by atoms with E-state index in [0.29, 0.717) is 28.8 Å². The van der Waals surface area contributed by atoms with Gasteiger partial charge in [0.2, 0.25) is 0 Å². The molecule has 3 heteroatoms. The third-order valence-corrected chi connectivity index (χ3v) is 10.5. The van der Waals surface area contributed by atoms with Crippen LogP contribution >= 0.6 is 0 Å². The molecule has 30 heavy (non-hydrogen) atoms. The molecule has 1 unspecified atom stereocenters. The maximum Gasteiger partial charge on any atom is 0.106 e. The molecule has 0 bridgehead atoms. The third-order valence-electron chi connectivity index (χ3n) is 10.5. The predicted molar refractivity (Wildman–Crippen MR) is 120 cm³/mol. The summed E-state index contributed by atoms with van der Waals surface area (Å²) < 4.78 is 6.62. The summed E-state index contributed by atoms with van der Waals surface area (Å²) in [6.07, 6.45) is 13.0. The number of hydrogen-bond donors (Lipinski definition) is 2. The topological polar surface area (TPSA) is 49.7 Å². The predicted octanol–water partition coefficient (Wildman–Crippen LogP) is 5.62. The van der Waals surface area contributed by atoms with Crippen LogP contribution < -0.4 is 0 Å². The van der Waals surface area contributed by atoms with Crippen molar-refractivity contribution in [1.29, 1.82) is 0 Å². The number of aliphatic hydroxyl groups excluding tert-OH is 2. The zero-order chi connectivity index (χ0) is 21.3. The molecule has 0 spiro atoms. The normalized spacial score (nSPS) is 48.3. The Kier molecular flexibility index (Phi) is 5.18. The number of aliphatic hydroxyl groups is 2. The highest BCUT2D eigenvalue weighted by Gasteiger charge is 2.63. The maximum atomic E-state index is 10.2. The van der Waals surface area contributed by atoms with E-state index in [4.69, 9.17) is 4.74 Å².